The van der Waals surface area contributed by atoms with Crippen LogP contribution in [-0.2, 0) is 0 Å². The Kier molecular flexibility index (Phi) is 7.56. The standard InChI is InChI=1S/C14H29NOS/c1-4-9-15-14(13-7-5-6-8-13)10-17-12(3)11(2)16/h11-16H,4-10H2,1-3H3. The maximum atomic E-state index is 9.53. The molecule has 0 heterocycles. The van der Waals surface area contributed by atoms with E-state index in [1.807, 2.05) is 18.7 Å². The van der Waals surface area contributed by atoms with Crippen molar-refractivity contribution in [2.45, 2.75) is 70.3 Å². The summed E-state index contributed by atoms with van der Waals surface area (Å²) < 4.78 is 0. The number of hydrogen-bond donors (Lipinski definition) is 2. The van der Waals surface area contributed by atoms with E-state index in [4.69, 9.17) is 0 Å². The summed E-state index contributed by atoms with van der Waals surface area (Å²) in [7, 11) is 0. The molecule has 0 aliphatic heterocycles. The van der Waals surface area contributed by atoms with Gasteiger partial charge in [0.15, 0.2) is 0 Å². The summed E-state index contributed by atoms with van der Waals surface area (Å²) in [5, 5.41) is 13.6. The van der Waals surface area contributed by atoms with Gasteiger partial charge in [0.2, 0.25) is 0 Å². The monoisotopic (exact) mass is 259 g/mol. The van der Waals surface area contributed by atoms with Crippen LogP contribution in [0.5, 0.6) is 0 Å². The molecule has 3 heteroatoms. The Morgan fingerprint density at radius 3 is 2.47 bits per heavy atom. The predicted molar refractivity (Wildman–Crippen MR) is 77.6 cm³/mol. The largest absolute Gasteiger partial charge is 0.392 e. The summed E-state index contributed by atoms with van der Waals surface area (Å²) in [4.78, 5) is 0. The van der Waals surface area contributed by atoms with Crippen molar-refractivity contribution in [3.63, 3.8) is 0 Å². The minimum absolute atomic E-state index is 0.199. The Morgan fingerprint density at radius 2 is 1.94 bits per heavy atom. The molecule has 3 atom stereocenters. The van der Waals surface area contributed by atoms with Crippen LogP contribution in [0.1, 0.15) is 52.9 Å². The molecule has 0 saturated heterocycles. The van der Waals surface area contributed by atoms with Crippen molar-refractivity contribution >= 4 is 11.8 Å². The van der Waals surface area contributed by atoms with E-state index in [9.17, 15) is 5.11 Å². The molecule has 1 aliphatic carbocycles. The molecule has 1 rings (SSSR count). The first-order valence-corrected chi connectivity index (χ1v) is 8.23. The summed E-state index contributed by atoms with van der Waals surface area (Å²) >= 11 is 1.92. The molecule has 3 unspecified atom stereocenters. The van der Waals surface area contributed by atoms with Crippen LogP contribution in [0.25, 0.3) is 0 Å². The zero-order valence-corrected chi connectivity index (χ0v) is 12.4. The van der Waals surface area contributed by atoms with Crippen LogP contribution in [0.4, 0.5) is 0 Å². The van der Waals surface area contributed by atoms with E-state index in [0.29, 0.717) is 11.3 Å². The molecular formula is C14H29NOS. The lowest BCUT2D eigenvalue weighted by molar-refractivity contribution is 0.196. The molecule has 0 aromatic rings. The smallest absolute Gasteiger partial charge is 0.0628 e. The zero-order chi connectivity index (χ0) is 12.7. The maximum Gasteiger partial charge on any atom is 0.0628 e. The Morgan fingerprint density at radius 1 is 1.29 bits per heavy atom. The maximum absolute atomic E-state index is 9.53. The lowest BCUT2D eigenvalue weighted by atomic mass is 10.00. The molecule has 1 fully saturated rings. The third-order valence-electron chi connectivity index (χ3n) is 3.84. The van der Waals surface area contributed by atoms with Crippen LogP contribution in [0.15, 0.2) is 0 Å². The summed E-state index contributed by atoms with van der Waals surface area (Å²) in [5.41, 5.74) is 0. The molecule has 0 spiro atoms. The van der Waals surface area contributed by atoms with Gasteiger partial charge in [0.1, 0.15) is 0 Å². The number of aliphatic hydroxyl groups excluding tert-OH is 1. The molecule has 0 radical (unpaired) electrons. The fourth-order valence-corrected chi connectivity index (χ4v) is 3.63. The third kappa shape index (κ3) is 5.62. The normalized spacial score (nSPS) is 22.6. The quantitative estimate of drug-likeness (QED) is 0.703. The molecule has 1 aliphatic rings. The second-order valence-electron chi connectivity index (χ2n) is 5.38. The lowest BCUT2D eigenvalue weighted by Crippen LogP contribution is -2.38. The summed E-state index contributed by atoms with van der Waals surface area (Å²) in [6.07, 6.45) is 6.61. The highest BCUT2D eigenvalue weighted by atomic mass is 32.2. The van der Waals surface area contributed by atoms with Crippen LogP contribution >= 0.6 is 11.8 Å². The van der Waals surface area contributed by atoms with Crippen molar-refractivity contribution in [2.75, 3.05) is 12.3 Å². The van der Waals surface area contributed by atoms with Gasteiger partial charge in [0.05, 0.1) is 6.10 Å². The molecule has 1 saturated carbocycles. The molecule has 0 amide bonds. The van der Waals surface area contributed by atoms with Crippen molar-refractivity contribution in [1.29, 1.82) is 0 Å². The van der Waals surface area contributed by atoms with E-state index in [1.165, 1.54) is 32.1 Å². The first-order valence-electron chi connectivity index (χ1n) is 7.18. The number of thioether (sulfide) groups is 1. The highest BCUT2D eigenvalue weighted by Gasteiger charge is 2.25. The van der Waals surface area contributed by atoms with Gasteiger partial charge in [-0.25, -0.2) is 0 Å². The Hall–Kier alpha value is 0.270. The predicted octanol–water partition coefficient (Wildman–Crippen LogP) is 3.05. The van der Waals surface area contributed by atoms with Crippen LogP contribution < -0.4 is 5.32 Å². The number of rotatable bonds is 8. The average Bonchev–Trinajstić information content (AvgIpc) is 2.82. The topological polar surface area (TPSA) is 32.3 Å². The van der Waals surface area contributed by atoms with Crippen molar-refractivity contribution in [3.05, 3.63) is 0 Å². The first-order chi connectivity index (χ1) is 8.15. The Bertz CT molecular complexity index is 193. The molecular weight excluding hydrogens is 230 g/mol. The molecule has 102 valence electrons. The van der Waals surface area contributed by atoms with E-state index in [0.717, 1.165) is 18.2 Å². The van der Waals surface area contributed by atoms with Crippen molar-refractivity contribution in [3.8, 4) is 0 Å². The summed E-state index contributed by atoms with van der Waals surface area (Å²) in [5.74, 6) is 2.02. The van der Waals surface area contributed by atoms with E-state index >= 15 is 0 Å². The van der Waals surface area contributed by atoms with Gasteiger partial charge in [-0.1, -0.05) is 26.7 Å². The van der Waals surface area contributed by atoms with Crippen LogP contribution in [0, 0.1) is 5.92 Å². The number of hydrogen-bond acceptors (Lipinski definition) is 3. The highest BCUT2D eigenvalue weighted by Crippen LogP contribution is 2.30. The Labute approximate surface area is 111 Å². The van der Waals surface area contributed by atoms with Gasteiger partial charge in [-0.05, 0) is 38.6 Å². The van der Waals surface area contributed by atoms with Crippen molar-refractivity contribution in [2.24, 2.45) is 5.92 Å². The van der Waals surface area contributed by atoms with Gasteiger partial charge in [-0.2, -0.15) is 11.8 Å². The fraction of sp³-hybridized carbons (Fsp3) is 1.00. The molecule has 17 heavy (non-hydrogen) atoms. The van der Waals surface area contributed by atoms with Crippen molar-refractivity contribution in [1.82, 2.24) is 5.32 Å². The molecule has 0 aromatic heterocycles. The summed E-state index contributed by atoms with van der Waals surface area (Å²) in [6.45, 7) is 7.37. The van der Waals surface area contributed by atoms with Gasteiger partial charge in [0, 0.05) is 17.0 Å². The van der Waals surface area contributed by atoms with Crippen LogP contribution in [0.3, 0.4) is 0 Å². The number of nitrogens with one attached hydrogen (secondary N) is 1. The second-order valence-corrected chi connectivity index (χ2v) is 6.79. The minimum Gasteiger partial charge on any atom is -0.392 e. The van der Waals surface area contributed by atoms with Crippen LogP contribution in [0.2, 0.25) is 0 Å². The summed E-state index contributed by atoms with van der Waals surface area (Å²) in [6, 6.07) is 0.656. The van der Waals surface area contributed by atoms with Gasteiger partial charge in [0.25, 0.3) is 0 Å². The molecule has 2 nitrogen and oxygen atoms in total. The molecule has 2 N–H and O–H groups in total. The van der Waals surface area contributed by atoms with Crippen LogP contribution in [-0.4, -0.2) is 34.8 Å². The van der Waals surface area contributed by atoms with Gasteiger partial charge in [-0.3, -0.25) is 0 Å². The van der Waals surface area contributed by atoms with Gasteiger partial charge < -0.3 is 10.4 Å². The molecule has 0 bridgehead atoms. The fourth-order valence-electron chi connectivity index (χ4n) is 2.45. The third-order valence-corrected chi connectivity index (χ3v) is 5.31. The van der Waals surface area contributed by atoms with E-state index < -0.39 is 0 Å². The average molecular weight is 259 g/mol. The van der Waals surface area contributed by atoms with E-state index in [1.54, 1.807) is 0 Å². The first kappa shape index (κ1) is 15.3. The van der Waals surface area contributed by atoms with E-state index in [2.05, 4.69) is 19.2 Å². The molecule has 0 aromatic carbocycles. The lowest BCUT2D eigenvalue weighted by Gasteiger charge is -2.26. The second kappa shape index (κ2) is 8.39. The highest BCUT2D eigenvalue weighted by molar-refractivity contribution is 7.99. The van der Waals surface area contributed by atoms with Gasteiger partial charge in [-0.15, -0.1) is 0 Å². The Balaban J connectivity index is 2.34. The minimum atomic E-state index is -0.199. The number of aliphatic hydroxyl groups is 1. The van der Waals surface area contributed by atoms with Gasteiger partial charge >= 0.3 is 0 Å². The zero-order valence-electron chi connectivity index (χ0n) is 11.6. The van der Waals surface area contributed by atoms with E-state index in [-0.39, 0.29) is 6.10 Å². The van der Waals surface area contributed by atoms with Crippen molar-refractivity contribution < 1.29 is 5.11 Å². The SMILES string of the molecule is CCCNC(CSC(C)C(C)O)C1CCCC1.